The molecule has 1 unspecified atom stereocenters. The maximum absolute atomic E-state index is 13.2. The van der Waals surface area contributed by atoms with Gasteiger partial charge in [0, 0.05) is 32.7 Å². The minimum atomic E-state index is 0. The summed E-state index contributed by atoms with van der Waals surface area (Å²) in [6.07, 6.45) is 5.23. The lowest BCUT2D eigenvalue weighted by atomic mass is 9.84. The van der Waals surface area contributed by atoms with Gasteiger partial charge in [-0.25, -0.2) is 0 Å². The normalized spacial score (nSPS) is 19.9. The Morgan fingerprint density at radius 2 is 1.81 bits per heavy atom. The summed E-state index contributed by atoms with van der Waals surface area (Å²) in [7, 11) is 0. The van der Waals surface area contributed by atoms with Gasteiger partial charge >= 0.3 is 0 Å². The molecule has 0 saturated carbocycles. The number of hydrogen-bond donors (Lipinski definition) is 1. The van der Waals surface area contributed by atoms with Gasteiger partial charge in [-0.3, -0.25) is 4.79 Å². The molecule has 0 radical (unpaired) electrons. The molecule has 2 fully saturated rings. The van der Waals surface area contributed by atoms with E-state index in [4.69, 9.17) is 4.74 Å². The summed E-state index contributed by atoms with van der Waals surface area (Å²) in [4.78, 5) is 15.3. The maximum Gasteiger partial charge on any atom is 0.223 e. The lowest BCUT2D eigenvalue weighted by Crippen LogP contribution is -2.39. The highest BCUT2D eigenvalue weighted by Gasteiger charge is 2.26. The molecule has 2 heterocycles. The molecule has 2 aliphatic heterocycles. The highest BCUT2D eigenvalue weighted by molar-refractivity contribution is 5.85. The summed E-state index contributed by atoms with van der Waals surface area (Å²) < 4.78 is 5.49. The van der Waals surface area contributed by atoms with Crippen molar-refractivity contribution in [3.05, 3.63) is 35.9 Å². The fourth-order valence-corrected chi connectivity index (χ4v) is 4.28. The van der Waals surface area contributed by atoms with Crippen LogP contribution in [0.25, 0.3) is 0 Å². The molecular formula is C22H35ClN2O2. The predicted molar refractivity (Wildman–Crippen MR) is 112 cm³/mol. The van der Waals surface area contributed by atoms with Crippen molar-refractivity contribution in [2.45, 2.75) is 45.6 Å². The number of piperidine rings is 1. The van der Waals surface area contributed by atoms with Crippen molar-refractivity contribution in [1.82, 2.24) is 10.2 Å². The molecule has 3 rings (SSSR count). The van der Waals surface area contributed by atoms with Crippen molar-refractivity contribution in [2.24, 2.45) is 17.8 Å². The molecular weight excluding hydrogens is 360 g/mol. The largest absolute Gasteiger partial charge is 0.381 e. The number of hydrogen-bond acceptors (Lipinski definition) is 3. The van der Waals surface area contributed by atoms with Gasteiger partial charge in [0.1, 0.15) is 0 Å². The Balaban J connectivity index is 0.00000261. The molecule has 1 aromatic rings. The van der Waals surface area contributed by atoms with E-state index >= 15 is 0 Å². The first-order valence-electron chi connectivity index (χ1n) is 10.3. The van der Waals surface area contributed by atoms with Crippen molar-refractivity contribution in [1.29, 1.82) is 0 Å². The molecule has 1 amide bonds. The number of benzene rings is 1. The SMILES string of the molecule is CC(CC(=O)N(Cc1ccccc1)CC1CCOCC1)C1CCNCC1.Cl. The minimum absolute atomic E-state index is 0. The zero-order chi connectivity index (χ0) is 18.2. The molecule has 0 spiro atoms. The van der Waals surface area contributed by atoms with Crippen LogP contribution >= 0.6 is 12.4 Å². The number of carbonyl (C=O) groups is 1. The zero-order valence-corrected chi connectivity index (χ0v) is 17.4. The van der Waals surface area contributed by atoms with Crippen molar-refractivity contribution >= 4 is 18.3 Å². The number of halogens is 1. The summed E-state index contributed by atoms with van der Waals surface area (Å²) in [6.45, 7) is 7.74. The van der Waals surface area contributed by atoms with Crippen LogP contribution in [0.5, 0.6) is 0 Å². The van der Waals surface area contributed by atoms with E-state index < -0.39 is 0 Å². The van der Waals surface area contributed by atoms with E-state index in [2.05, 4.69) is 41.4 Å². The first-order valence-corrected chi connectivity index (χ1v) is 10.3. The van der Waals surface area contributed by atoms with Gasteiger partial charge in [0.25, 0.3) is 0 Å². The molecule has 2 saturated heterocycles. The summed E-state index contributed by atoms with van der Waals surface area (Å²) in [5.74, 6) is 2.05. The molecule has 152 valence electrons. The van der Waals surface area contributed by atoms with Crippen LogP contribution in [-0.4, -0.2) is 43.7 Å². The highest BCUT2D eigenvalue weighted by atomic mass is 35.5. The van der Waals surface area contributed by atoms with Gasteiger partial charge in [0.15, 0.2) is 0 Å². The molecule has 0 bridgehead atoms. The van der Waals surface area contributed by atoms with Crippen molar-refractivity contribution in [2.75, 3.05) is 32.8 Å². The number of nitrogens with zero attached hydrogens (tertiary/aromatic N) is 1. The maximum atomic E-state index is 13.2. The summed E-state index contributed by atoms with van der Waals surface area (Å²) >= 11 is 0. The Hall–Kier alpha value is -1.10. The number of ether oxygens (including phenoxy) is 1. The molecule has 4 nitrogen and oxygen atoms in total. The van der Waals surface area contributed by atoms with Gasteiger partial charge in [-0.1, -0.05) is 37.3 Å². The van der Waals surface area contributed by atoms with Crippen LogP contribution in [-0.2, 0) is 16.1 Å². The Bertz CT molecular complexity index is 543. The fraction of sp³-hybridized carbons (Fsp3) is 0.682. The molecule has 2 aliphatic rings. The van der Waals surface area contributed by atoms with Crippen LogP contribution in [0, 0.1) is 17.8 Å². The number of amides is 1. The van der Waals surface area contributed by atoms with Crippen molar-refractivity contribution in [3.8, 4) is 0 Å². The van der Waals surface area contributed by atoms with Crippen molar-refractivity contribution < 1.29 is 9.53 Å². The van der Waals surface area contributed by atoms with Gasteiger partial charge in [0.05, 0.1) is 0 Å². The van der Waals surface area contributed by atoms with E-state index in [1.165, 1.54) is 18.4 Å². The van der Waals surface area contributed by atoms with Gasteiger partial charge in [-0.2, -0.15) is 0 Å². The predicted octanol–water partition coefficient (Wildman–Crippen LogP) is 3.89. The minimum Gasteiger partial charge on any atom is -0.381 e. The molecule has 1 atom stereocenters. The quantitative estimate of drug-likeness (QED) is 0.762. The first-order chi connectivity index (χ1) is 12.7. The molecule has 5 heteroatoms. The van der Waals surface area contributed by atoms with E-state index in [9.17, 15) is 4.79 Å². The first kappa shape index (κ1) is 22.2. The molecule has 0 aromatic heterocycles. The number of nitrogens with one attached hydrogen (secondary N) is 1. The zero-order valence-electron chi connectivity index (χ0n) is 16.6. The van der Waals surface area contributed by atoms with E-state index in [0.717, 1.165) is 52.2 Å². The molecule has 27 heavy (non-hydrogen) atoms. The average molecular weight is 395 g/mol. The Kier molecular flexibility index (Phi) is 9.60. The second kappa shape index (κ2) is 11.7. The van der Waals surface area contributed by atoms with Crippen LogP contribution in [0.2, 0.25) is 0 Å². The lowest BCUT2D eigenvalue weighted by Gasteiger charge is -2.33. The molecule has 0 aliphatic carbocycles. The topological polar surface area (TPSA) is 41.6 Å². The van der Waals surface area contributed by atoms with E-state index in [0.29, 0.717) is 30.1 Å². The number of carbonyl (C=O) groups excluding carboxylic acids is 1. The second-order valence-electron chi connectivity index (χ2n) is 8.08. The van der Waals surface area contributed by atoms with Crippen LogP contribution < -0.4 is 5.32 Å². The van der Waals surface area contributed by atoms with Crippen LogP contribution in [0.15, 0.2) is 30.3 Å². The standard InChI is InChI=1S/C22H34N2O2.ClH/c1-18(21-7-11-23-12-8-21)15-22(25)24(16-19-5-3-2-4-6-19)17-20-9-13-26-14-10-20;/h2-6,18,20-21,23H,7-17H2,1H3;1H. The van der Waals surface area contributed by atoms with Crippen LogP contribution in [0.4, 0.5) is 0 Å². The lowest BCUT2D eigenvalue weighted by molar-refractivity contribution is -0.134. The Labute approximate surface area is 170 Å². The summed E-state index contributed by atoms with van der Waals surface area (Å²) in [5, 5.41) is 3.43. The summed E-state index contributed by atoms with van der Waals surface area (Å²) in [5.41, 5.74) is 1.22. The molecule has 1 aromatic carbocycles. The van der Waals surface area contributed by atoms with Crippen molar-refractivity contribution in [3.63, 3.8) is 0 Å². The smallest absolute Gasteiger partial charge is 0.223 e. The van der Waals surface area contributed by atoms with E-state index in [1.807, 2.05) is 6.07 Å². The van der Waals surface area contributed by atoms with Gasteiger partial charge < -0.3 is 15.0 Å². The third kappa shape index (κ3) is 7.10. The van der Waals surface area contributed by atoms with Crippen LogP contribution in [0.3, 0.4) is 0 Å². The van der Waals surface area contributed by atoms with Gasteiger partial charge in [-0.15, -0.1) is 12.4 Å². The average Bonchev–Trinajstić information content (AvgIpc) is 2.69. The summed E-state index contributed by atoms with van der Waals surface area (Å²) in [6, 6.07) is 10.4. The van der Waals surface area contributed by atoms with Gasteiger partial charge in [0.2, 0.25) is 5.91 Å². The van der Waals surface area contributed by atoms with Crippen LogP contribution in [0.1, 0.15) is 44.6 Å². The Morgan fingerprint density at radius 1 is 1.15 bits per heavy atom. The number of rotatable bonds is 7. The van der Waals surface area contributed by atoms with Gasteiger partial charge in [-0.05, 0) is 62.1 Å². The Morgan fingerprint density at radius 3 is 2.48 bits per heavy atom. The third-order valence-electron chi connectivity index (χ3n) is 6.07. The fourth-order valence-electron chi connectivity index (χ4n) is 4.28. The second-order valence-corrected chi connectivity index (χ2v) is 8.08. The monoisotopic (exact) mass is 394 g/mol. The van der Waals surface area contributed by atoms with E-state index in [-0.39, 0.29) is 12.4 Å². The third-order valence-corrected chi connectivity index (χ3v) is 6.07. The highest BCUT2D eigenvalue weighted by Crippen LogP contribution is 2.26. The molecule has 1 N–H and O–H groups in total. The van der Waals surface area contributed by atoms with E-state index in [1.54, 1.807) is 0 Å².